The Kier molecular flexibility index (Phi) is 4.59. The summed E-state index contributed by atoms with van der Waals surface area (Å²) in [5.41, 5.74) is 0.816. The van der Waals surface area contributed by atoms with Gasteiger partial charge in [-0.15, -0.1) is 0 Å². The van der Waals surface area contributed by atoms with Gasteiger partial charge in [0.1, 0.15) is 0 Å². The minimum Gasteiger partial charge on any atom is -0.325 e. The second-order valence-electron chi connectivity index (χ2n) is 4.17. The van der Waals surface area contributed by atoms with Gasteiger partial charge in [-0.1, -0.05) is 15.9 Å². The zero-order chi connectivity index (χ0) is 12.3. The highest BCUT2D eigenvalue weighted by molar-refractivity contribution is 9.11. The number of rotatable bonds is 3. The molecule has 92 valence electrons. The van der Waals surface area contributed by atoms with Crippen molar-refractivity contribution in [3.05, 3.63) is 27.1 Å². The predicted octanol–water partition coefficient (Wildman–Crippen LogP) is 3.29. The molecule has 17 heavy (non-hydrogen) atoms. The van der Waals surface area contributed by atoms with E-state index in [2.05, 4.69) is 42.5 Å². The number of hydrogen-bond acceptors (Lipinski definition) is 2. The third-order valence-corrected chi connectivity index (χ3v) is 3.95. The first-order valence-corrected chi connectivity index (χ1v) is 7.22. The number of anilines is 1. The zero-order valence-corrected chi connectivity index (χ0v) is 12.5. The van der Waals surface area contributed by atoms with E-state index < -0.39 is 0 Å². The first-order valence-electron chi connectivity index (χ1n) is 5.63. The lowest BCUT2D eigenvalue weighted by Gasteiger charge is -2.11. The molecule has 1 aromatic rings. The van der Waals surface area contributed by atoms with Gasteiger partial charge < -0.3 is 10.6 Å². The maximum Gasteiger partial charge on any atom is 0.225 e. The van der Waals surface area contributed by atoms with E-state index in [1.165, 1.54) is 6.42 Å². The predicted molar refractivity (Wildman–Crippen MR) is 76.1 cm³/mol. The van der Waals surface area contributed by atoms with E-state index in [1.54, 1.807) is 0 Å². The summed E-state index contributed by atoms with van der Waals surface area (Å²) in [4.78, 5) is 11.8. The summed E-state index contributed by atoms with van der Waals surface area (Å²) in [5, 5.41) is 6.23. The van der Waals surface area contributed by atoms with Crippen LogP contribution >= 0.6 is 31.9 Å². The Labute approximate surface area is 118 Å². The quantitative estimate of drug-likeness (QED) is 0.867. The van der Waals surface area contributed by atoms with Gasteiger partial charge in [0.15, 0.2) is 0 Å². The molecule has 0 bridgehead atoms. The number of carbonyl (C=O) groups excluding carboxylic acids is 1. The van der Waals surface area contributed by atoms with Crippen molar-refractivity contribution in [2.75, 3.05) is 11.9 Å². The minimum absolute atomic E-state index is 0.0624. The fourth-order valence-corrected chi connectivity index (χ4v) is 3.09. The molecular weight excluding hydrogens is 348 g/mol. The fraction of sp³-hybridized carbons (Fsp3) is 0.417. The maximum absolute atomic E-state index is 11.8. The molecule has 1 heterocycles. The molecule has 0 aromatic heterocycles. The van der Waals surface area contributed by atoms with Gasteiger partial charge in [0.25, 0.3) is 0 Å². The molecule has 5 heteroatoms. The average molecular weight is 362 g/mol. The van der Waals surface area contributed by atoms with Gasteiger partial charge >= 0.3 is 0 Å². The van der Waals surface area contributed by atoms with Crippen LogP contribution in [0.4, 0.5) is 5.69 Å². The van der Waals surface area contributed by atoms with Crippen molar-refractivity contribution < 1.29 is 4.79 Å². The molecule has 0 spiro atoms. The molecule has 1 atom stereocenters. The second kappa shape index (κ2) is 5.98. The van der Waals surface area contributed by atoms with Crippen molar-refractivity contribution in [2.45, 2.75) is 25.3 Å². The minimum atomic E-state index is 0.0624. The van der Waals surface area contributed by atoms with Gasteiger partial charge in [0, 0.05) is 21.4 Å². The first kappa shape index (κ1) is 13.1. The Morgan fingerprint density at radius 1 is 1.47 bits per heavy atom. The Hall–Kier alpha value is -0.390. The number of hydrogen-bond donors (Lipinski definition) is 2. The largest absolute Gasteiger partial charge is 0.325 e. The van der Waals surface area contributed by atoms with Crippen LogP contribution in [-0.4, -0.2) is 18.5 Å². The summed E-state index contributed by atoms with van der Waals surface area (Å²) in [6.07, 6.45) is 2.80. The summed E-state index contributed by atoms with van der Waals surface area (Å²) >= 11 is 6.81. The molecule has 2 rings (SSSR count). The van der Waals surface area contributed by atoms with Crippen LogP contribution in [-0.2, 0) is 4.79 Å². The Bertz CT molecular complexity index is 417. The molecule has 1 fully saturated rings. The van der Waals surface area contributed by atoms with Crippen LogP contribution in [0.1, 0.15) is 19.3 Å². The molecule has 1 unspecified atom stereocenters. The van der Waals surface area contributed by atoms with Crippen LogP contribution in [0.3, 0.4) is 0 Å². The van der Waals surface area contributed by atoms with Gasteiger partial charge in [-0.05, 0) is 53.5 Å². The molecule has 3 nitrogen and oxygen atoms in total. The van der Waals surface area contributed by atoms with Crippen molar-refractivity contribution in [2.24, 2.45) is 0 Å². The van der Waals surface area contributed by atoms with E-state index in [1.807, 2.05) is 18.2 Å². The van der Waals surface area contributed by atoms with Gasteiger partial charge in [-0.3, -0.25) is 4.79 Å². The van der Waals surface area contributed by atoms with Crippen molar-refractivity contribution in [1.29, 1.82) is 0 Å². The molecule has 0 radical (unpaired) electrons. The number of benzene rings is 1. The summed E-state index contributed by atoms with van der Waals surface area (Å²) in [6.45, 7) is 1.03. The van der Waals surface area contributed by atoms with E-state index >= 15 is 0 Å². The van der Waals surface area contributed by atoms with Gasteiger partial charge in [0.2, 0.25) is 5.91 Å². The first-order chi connectivity index (χ1) is 8.15. The topological polar surface area (TPSA) is 41.1 Å². The van der Waals surface area contributed by atoms with Gasteiger partial charge in [-0.25, -0.2) is 0 Å². The lowest BCUT2D eigenvalue weighted by atomic mass is 10.1. The number of nitrogens with one attached hydrogen (secondary N) is 2. The van der Waals surface area contributed by atoms with Crippen LogP contribution in [0.5, 0.6) is 0 Å². The lowest BCUT2D eigenvalue weighted by Crippen LogP contribution is -2.27. The molecule has 1 saturated heterocycles. The molecule has 1 aromatic carbocycles. The van der Waals surface area contributed by atoms with Gasteiger partial charge in [0.05, 0.1) is 5.69 Å². The Morgan fingerprint density at radius 2 is 2.29 bits per heavy atom. The van der Waals surface area contributed by atoms with Gasteiger partial charge in [-0.2, -0.15) is 0 Å². The summed E-state index contributed by atoms with van der Waals surface area (Å²) in [7, 11) is 0. The maximum atomic E-state index is 11.8. The Balaban J connectivity index is 1.93. The molecule has 0 aliphatic carbocycles. The van der Waals surface area contributed by atoms with Crippen LogP contribution < -0.4 is 10.6 Å². The SMILES string of the molecule is O=C(CC1CCCN1)Nc1ccc(Br)cc1Br. The van der Waals surface area contributed by atoms with Crippen molar-refractivity contribution >= 4 is 43.5 Å². The summed E-state index contributed by atoms with van der Waals surface area (Å²) < 4.78 is 1.87. The van der Waals surface area contributed by atoms with Crippen LogP contribution in [0.2, 0.25) is 0 Å². The van der Waals surface area contributed by atoms with Crippen molar-refractivity contribution in [1.82, 2.24) is 5.32 Å². The molecule has 1 aliphatic heterocycles. The highest BCUT2D eigenvalue weighted by atomic mass is 79.9. The summed E-state index contributed by atoms with van der Waals surface area (Å²) in [6, 6.07) is 6.05. The van der Waals surface area contributed by atoms with E-state index in [9.17, 15) is 4.79 Å². The lowest BCUT2D eigenvalue weighted by molar-refractivity contribution is -0.116. The molecule has 1 amide bonds. The number of amides is 1. The van der Waals surface area contributed by atoms with E-state index in [0.717, 1.165) is 27.6 Å². The standard InChI is InChI=1S/C12H14Br2N2O/c13-8-3-4-11(10(14)6-8)16-12(17)7-9-2-1-5-15-9/h3-4,6,9,15H,1-2,5,7H2,(H,16,17). The number of carbonyl (C=O) groups is 1. The van der Waals surface area contributed by atoms with E-state index in [-0.39, 0.29) is 5.91 Å². The highest BCUT2D eigenvalue weighted by Gasteiger charge is 2.17. The van der Waals surface area contributed by atoms with Crippen LogP contribution in [0.15, 0.2) is 27.1 Å². The normalized spacial score (nSPS) is 19.3. The zero-order valence-electron chi connectivity index (χ0n) is 9.30. The molecule has 2 N–H and O–H groups in total. The Morgan fingerprint density at radius 3 is 2.94 bits per heavy atom. The molecular formula is C12H14Br2N2O. The summed E-state index contributed by atoms with van der Waals surface area (Å²) in [5.74, 6) is 0.0624. The van der Waals surface area contributed by atoms with Crippen molar-refractivity contribution in [3.8, 4) is 0 Å². The second-order valence-corrected chi connectivity index (χ2v) is 5.94. The van der Waals surface area contributed by atoms with E-state index in [0.29, 0.717) is 12.5 Å². The monoisotopic (exact) mass is 360 g/mol. The van der Waals surface area contributed by atoms with E-state index in [4.69, 9.17) is 0 Å². The van der Waals surface area contributed by atoms with Crippen molar-refractivity contribution in [3.63, 3.8) is 0 Å². The van der Waals surface area contributed by atoms with Crippen LogP contribution in [0.25, 0.3) is 0 Å². The number of halogens is 2. The highest BCUT2D eigenvalue weighted by Crippen LogP contribution is 2.26. The average Bonchev–Trinajstić information content (AvgIpc) is 2.75. The fourth-order valence-electron chi connectivity index (χ4n) is 1.95. The van der Waals surface area contributed by atoms with Crippen LogP contribution in [0, 0.1) is 0 Å². The molecule has 0 saturated carbocycles. The third-order valence-electron chi connectivity index (χ3n) is 2.80. The smallest absolute Gasteiger partial charge is 0.225 e. The molecule has 1 aliphatic rings. The third kappa shape index (κ3) is 3.79.